The third kappa shape index (κ3) is 4.62. The molecule has 33 heavy (non-hydrogen) atoms. The molecule has 0 aromatic heterocycles. The van der Waals surface area contributed by atoms with Gasteiger partial charge in [0.2, 0.25) is 0 Å². The van der Waals surface area contributed by atoms with Crippen molar-refractivity contribution in [3.8, 4) is 0 Å². The predicted molar refractivity (Wildman–Crippen MR) is 140 cm³/mol. The zero-order chi connectivity index (χ0) is 23.8. The van der Waals surface area contributed by atoms with Crippen LogP contribution >= 0.6 is 12.2 Å². The summed E-state index contributed by atoms with van der Waals surface area (Å²) in [4.78, 5) is 12.1. The number of allylic oxidation sites excluding steroid dienone is 1. The SMILES string of the molecule is CCc1cc(NC(=S)c2ccc3c(c2)C(c2ccc(C)cc2)=CCC3(C)C)ccc1C(=O)O. The summed E-state index contributed by atoms with van der Waals surface area (Å²) in [5.41, 5.74) is 9.16. The lowest BCUT2D eigenvalue weighted by atomic mass is 9.72. The predicted octanol–water partition coefficient (Wildman–Crippen LogP) is 7.16. The van der Waals surface area contributed by atoms with Gasteiger partial charge in [0.25, 0.3) is 0 Å². The van der Waals surface area contributed by atoms with E-state index in [9.17, 15) is 9.90 Å². The fourth-order valence-electron chi connectivity index (χ4n) is 4.46. The van der Waals surface area contributed by atoms with Crippen LogP contribution in [0.15, 0.2) is 66.7 Å². The minimum Gasteiger partial charge on any atom is -0.478 e. The van der Waals surface area contributed by atoms with Crippen LogP contribution in [0.3, 0.4) is 0 Å². The second-order valence-electron chi connectivity index (χ2n) is 9.32. The van der Waals surface area contributed by atoms with Crippen molar-refractivity contribution in [1.82, 2.24) is 0 Å². The van der Waals surface area contributed by atoms with Crippen molar-refractivity contribution in [3.63, 3.8) is 0 Å². The number of aromatic carboxylic acids is 1. The topological polar surface area (TPSA) is 49.3 Å². The Morgan fingerprint density at radius 1 is 1.06 bits per heavy atom. The van der Waals surface area contributed by atoms with Crippen LogP contribution in [0.1, 0.15) is 70.9 Å². The Morgan fingerprint density at radius 3 is 2.45 bits per heavy atom. The van der Waals surface area contributed by atoms with E-state index in [1.807, 2.05) is 13.0 Å². The number of benzene rings is 3. The van der Waals surface area contributed by atoms with Crippen molar-refractivity contribution in [2.75, 3.05) is 5.32 Å². The van der Waals surface area contributed by atoms with Gasteiger partial charge >= 0.3 is 5.97 Å². The number of carboxylic acid groups (broad SMARTS) is 1. The second kappa shape index (κ2) is 8.95. The molecular weight excluding hydrogens is 426 g/mol. The first-order valence-corrected chi connectivity index (χ1v) is 11.7. The lowest BCUT2D eigenvalue weighted by Crippen LogP contribution is -2.23. The molecule has 168 valence electrons. The van der Waals surface area contributed by atoms with Gasteiger partial charge in [0.05, 0.1) is 5.56 Å². The molecule has 2 N–H and O–H groups in total. The summed E-state index contributed by atoms with van der Waals surface area (Å²) in [5, 5.41) is 12.7. The van der Waals surface area contributed by atoms with E-state index >= 15 is 0 Å². The highest BCUT2D eigenvalue weighted by molar-refractivity contribution is 7.81. The summed E-state index contributed by atoms with van der Waals surface area (Å²) in [6.07, 6.45) is 3.97. The first-order chi connectivity index (χ1) is 15.7. The van der Waals surface area contributed by atoms with Gasteiger partial charge in [0, 0.05) is 11.3 Å². The Labute approximate surface area is 201 Å². The number of rotatable bonds is 5. The van der Waals surface area contributed by atoms with Crippen LogP contribution in [-0.4, -0.2) is 16.1 Å². The minimum atomic E-state index is -0.909. The van der Waals surface area contributed by atoms with E-state index in [2.05, 4.69) is 74.6 Å². The smallest absolute Gasteiger partial charge is 0.335 e. The fourth-order valence-corrected chi connectivity index (χ4v) is 4.70. The molecule has 3 aromatic rings. The largest absolute Gasteiger partial charge is 0.478 e. The molecule has 1 aliphatic rings. The highest BCUT2D eigenvalue weighted by Crippen LogP contribution is 2.41. The summed E-state index contributed by atoms with van der Waals surface area (Å²) in [5.74, 6) is -0.909. The molecule has 3 nitrogen and oxygen atoms in total. The van der Waals surface area contributed by atoms with Gasteiger partial charge in [-0.1, -0.05) is 81.0 Å². The van der Waals surface area contributed by atoms with E-state index in [1.54, 1.807) is 12.1 Å². The zero-order valence-electron chi connectivity index (χ0n) is 19.5. The van der Waals surface area contributed by atoms with Gasteiger partial charge < -0.3 is 10.4 Å². The summed E-state index contributed by atoms with van der Waals surface area (Å²) in [7, 11) is 0. The number of carbonyl (C=O) groups is 1. The van der Waals surface area contributed by atoms with Crippen molar-refractivity contribution >= 4 is 34.4 Å². The molecular formula is C29H29NO2S. The molecule has 0 bridgehead atoms. The van der Waals surface area contributed by atoms with Crippen molar-refractivity contribution in [2.45, 2.75) is 46.0 Å². The molecule has 0 atom stereocenters. The highest BCUT2D eigenvalue weighted by atomic mass is 32.1. The van der Waals surface area contributed by atoms with Gasteiger partial charge in [-0.15, -0.1) is 0 Å². The average Bonchev–Trinajstić information content (AvgIpc) is 2.79. The van der Waals surface area contributed by atoms with Crippen LogP contribution in [0.25, 0.3) is 5.57 Å². The van der Waals surface area contributed by atoms with E-state index in [4.69, 9.17) is 12.2 Å². The lowest BCUT2D eigenvalue weighted by molar-refractivity contribution is 0.0696. The van der Waals surface area contributed by atoms with E-state index in [0.29, 0.717) is 17.0 Å². The third-order valence-electron chi connectivity index (χ3n) is 6.45. The van der Waals surface area contributed by atoms with Crippen molar-refractivity contribution in [2.24, 2.45) is 0 Å². The Hall–Kier alpha value is -3.24. The van der Waals surface area contributed by atoms with Gasteiger partial charge in [0.15, 0.2) is 0 Å². The van der Waals surface area contributed by atoms with Crippen LogP contribution in [-0.2, 0) is 11.8 Å². The first-order valence-electron chi connectivity index (χ1n) is 11.3. The van der Waals surface area contributed by atoms with Crippen LogP contribution in [0.2, 0.25) is 0 Å². The zero-order valence-corrected chi connectivity index (χ0v) is 20.3. The monoisotopic (exact) mass is 455 g/mol. The molecule has 3 aromatic carbocycles. The quantitative estimate of drug-likeness (QED) is 0.401. The highest BCUT2D eigenvalue weighted by Gasteiger charge is 2.29. The Bertz CT molecular complexity index is 1270. The maximum Gasteiger partial charge on any atom is 0.335 e. The third-order valence-corrected chi connectivity index (χ3v) is 6.79. The standard InChI is InChI=1S/C29H29NO2S/c1-5-19-16-22(11-12-24(19)28(31)32)30-27(33)21-10-13-26-25(17-21)23(14-15-29(26,3)4)20-8-6-18(2)7-9-20/h6-14,16-17H,5,15H2,1-4H3,(H,30,33)(H,31,32). The fraction of sp³-hybridized carbons (Fsp3) is 0.241. The summed E-state index contributed by atoms with van der Waals surface area (Å²) < 4.78 is 0. The molecule has 0 unspecified atom stereocenters. The molecule has 0 heterocycles. The molecule has 0 saturated heterocycles. The average molecular weight is 456 g/mol. The number of hydrogen-bond donors (Lipinski definition) is 2. The molecule has 0 saturated carbocycles. The van der Waals surface area contributed by atoms with E-state index in [-0.39, 0.29) is 5.41 Å². The Kier molecular flexibility index (Phi) is 6.22. The molecule has 0 radical (unpaired) electrons. The Morgan fingerprint density at radius 2 is 1.79 bits per heavy atom. The van der Waals surface area contributed by atoms with Gasteiger partial charge in [-0.2, -0.15) is 0 Å². The summed E-state index contributed by atoms with van der Waals surface area (Å²) in [6, 6.07) is 20.4. The van der Waals surface area contributed by atoms with Crippen molar-refractivity contribution in [1.29, 1.82) is 0 Å². The van der Waals surface area contributed by atoms with E-state index < -0.39 is 5.97 Å². The number of nitrogens with one attached hydrogen (secondary N) is 1. The number of hydrogen-bond acceptors (Lipinski definition) is 2. The summed E-state index contributed by atoms with van der Waals surface area (Å²) in [6.45, 7) is 8.61. The number of anilines is 1. The molecule has 4 rings (SSSR count). The number of aryl methyl sites for hydroxylation is 2. The van der Waals surface area contributed by atoms with Crippen molar-refractivity contribution < 1.29 is 9.90 Å². The number of fused-ring (bicyclic) bond motifs is 1. The van der Waals surface area contributed by atoms with Crippen molar-refractivity contribution in [3.05, 3.63) is 106 Å². The van der Waals surface area contributed by atoms with Gasteiger partial charge in [-0.25, -0.2) is 4.79 Å². The number of thiocarbonyl (C=S) groups is 1. The lowest BCUT2D eigenvalue weighted by Gasteiger charge is -2.32. The molecule has 0 fully saturated rings. The van der Waals surface area contributed by atoms with Crippen LogP contribution in [0.5, 0.6) is 0 Å². The van der Waals surface area contributed by atoms with Crippen LogP contribution in [0.4, 0.5) is 5.69 Å². The van der Waals surface area contributed by atoms with E-state index in [1.165, 1.54) is 27.8 Å². The molecule has 0 amide bonds. The molecule has 4 heteroatoms. The first kappa shape index (κ1) is 22.9. The normalized spacial score (nSPS) is 14.2. The maximum absolute atomic E-state index is 11.4. The second-order valence-corrected chi connectivity index (χ2v) is 9.73. The maximum atomic E-state index is 11.4. The Balaban J connectivity index is 1.69. The van der Waals surface area contributed by atoms with E-state index in [0.717, 1.165) is 23.2 Å². The number of carboxylic acids is 1. The molecule has 1 aliphatic carbocycles. The summed E-state index contributed by atoms with van der Waals surface area (Å²) >= 11 is 5.75. The van der Waals surface area contributed by atoms with Crippen LogP contribution < -0.4 is 5.32 Å². The van der Waals surface area contributed by atoms with Crippen LogP contribution in [0, 0.1) is 6.92 Å². The van der Waals surface area contributed by atoms with Gasteiger partial charge in [0.1, 0.15) is 4.99 Å². The van der Waals surface area contributed by atoms with Gasteiger partial charge in [-0.3, -0.25) is 0 Å². The molecule has 0 spiro atoms. The minimum absolute atomic E-state index is 0.0554. The molecule has 0 aliphatic heterocycles. The van der Waals surface area contributed by atoms with Gasteiger partial charge in [-0.05, 0) is 77.3 Å².